The van der Waals surface area contributed by atoms with Crippen LogP contribution in [0.25, 0.3) is 0 Å². The number of hydrazone groups is 1. The van der Waals surface area contributed by atoms with Gasteiger partial charge in [0.15, 0.2) is 17.5 Å². The van der Waals surface area contributed by atoms with Crippen LogP contribution in [0.4, 0.5) is 0 Å². The third kappa shape index (κ3) is 2.66. The Morgan fingerprint density at radius 2 is 2.05 bits per heavy atom. The Kier molecular flexibility index (Phi) is 4.08. The molecule has 2 rings (SSSR count). The lowest BCUT2D eigenvalue weighted by Gasteiger charge is -2.34. The summed E-state index contributed by atoms with van der Waals surface area (Å²) < 4.78 is 10.8. The van der Waals surface area contributed by atoms with Crippen molar-refractivity contribution < 1.29 is 9.47 Å². The Morgan fingerprint density at radius 1 is 1.33 bits per heavy atom. The van der Waals surface area contributed by atoms with Crippen LogP contribution in [0, 0.1) is 11.3 Å². The average molecular weight is 287 g/mol. The van der Waals surface area contributed by atoms with Crippen molar-refractivity contribution in [1.82, 2.24) is 5.01 Å². The smallest absolute Gasteiger partial charge is 0.167 e. The molecule has 5 nitrogen and oxygen atoms in total. The Hall–Kier alpha value is -2.22. The molecule has 112 valence electrons. The molecular weight excluding hydrogens is 266 g/mol. The minimum atomic E-state index is -0.512. The fraction of sp³-hybridized carbons (Fsp3) is 0.500. The molecule has 0 saturated carbocycles. The predicted octanol–water partition coefficient (Wildman–Crippen LogP) is 3.13. The molecule has 1 unspecified atom stereocenters. The Balaban J connectivity index is 2.51. The van der Waals surface area contributed by atoms with Crippen LogP contribution in [0.1, 0.15) is 38.8 Å². The molecule has 5 heteroatoms. The van der Waals surface area contributed by atoms with E-state index < -0.39 is 6.04 Å². The van der Waals surface area contributed by atoms with Crippen molar-refractivity contribution >= 4 is 5.71 Å². The lowest BCUT2D eigenvalue weighted by molar-refractivity contribution is 0.121. The number of para-hydroxylation sites is 1. The summed E-state index contributed by atoms with van der Waals surface area (Å²) in [5.74, 6) is 1.20. The molecule has 1 aromatic rings. The standard InChI is InChI=1S/C16H21N3O2/c1-11-9-16(2,3)19(18-11)13(10-17)12-7-6-8-14(20-4)15(12)21-5/h6-8,13H,9H2,1-5H3. The molecule has 0 radical (unpaired) electrons. The van der Waals surface area contributed by atoms with Gasteiger partial charge in [-0.05, 0) is 26.8 Å². The van der Waals surface area contributed by atoms with Gasteiger partial charge in [-0.3, -0.25) is 5.01 Å². The van der Waals surface area contributed by atoms with Gasteiger partial charge in [0.25, 0.3) is 0 Å². The van der Waals surface area contributed by atoms with E-state index >= 15 is 0 Å². The number of rotatable bonds is 4. The van der Waals surface area contributed by atoms with E-state index in [4.69, 9.17) is 9.47 Å². The summed E-state index contributed by atoms with van der Waals surface area (Å²) in [6, 6.07) is 7.40. The van der Waals surface area contributed by atoms with Crippen molar-refractivity contribution in [3.05, 3.63) is 23.8 Å². The highest BCUT2D eigenvalue weighted by molar-refractivity contribution is 5.84. The monoisotopic (exact) mass is 287 g/mol. The van der Waals surface area contributed by atoms with E-state index in [1.165, 1.54) is 0 Å². The molecule has 1 aliphatic heterocycles. The van der Waals surface area contributed by atoms with Crippen molar-refractivity contribution in [2.75, 3.05) is 14.2 Å². The maximum Gasteiger partial charge on any atom is 0.167 e. The summed E-state index contributed by atoms with van der Waals surface area (Å²) in [6.45, 7) is 6.16. The summed E-state index contributed by atoms with van der Waals surface area (Å²) in [7, 11) is 3.17. The molecule has 0 aliphatic carbocycles. The SMILES string of the molecule is COc1cccc(C(C#N)N2N=C(C)CC2(C)C)c1OC. The molecular formula is C16H21N3O2. The maximum atomic E-state index is 9.68. The highest BCUT2D eigenvalue weighted by Gasteiger charge is 2.39. The number of methoxy groups -OCH3 is 2. The van der Waals surface area contributed by atoms with E-state index in [0.29, 0.717) is 11.5 Å². The first-order chi connectivity index (χ1) is 9.94. The minimum Gasteiger partial charge on any atom is -0.493 e. The number of nitriles is 1. The van der Waals surface area contributed by atoms with Gasteiger partial charge in [-0.15, -0.1) is 0 Å². The summed E-state index contributed by atoms with van der Waals surface area (Å²) in [5.41, 5.74) is 1.60. The molecule has 0 aromatic heterocycles. The lowest BCUT2D eigenvalue weighted by atomic mass is 9.95. The van der Waals surface area contributed by atoms with Crippen molar-refractivity contribution in [2.24, 2.45) is 5.10 Å². The number of hydrogen-bond donors (Lipinski definition) is 0. The van der Waals surface area contributed by atoms with E-state index in [0.717, 1.165) is 17.7 Å². The van der Waals surface area contributed by atoms with Crippen LogP contribution in [0.2, 0.25) is 0 Å². The molecule has 0 saturated heterocycles. The molecule has 1 atom stereocenters. The fourth-order valence-corrected chi connectivity index (χ4v) is 2.85. The molecule has 0 N–H and O–H groups in total. The summed E-state index contributed by atoms with van der Waals surface area (Å²) in [5, 5.41) is 16.1. The largest absolute Gasteiger partial charge is 0.493 e. The van der Waals surface area contributed by atoms with Crippen molar-refractivity contribution in [1.29, 1.82) is 5.26 Å². The van der Waals surface area contributed by atoms with Gasteiger partial charge >= 0.3 is 0 Å². The zero-order chi connectivity index (χ0) is 15.6. The highest BCUT2D eigenvalue weighted by Crippen LogP contribution is 2.41. The molecule has 1 heterocycles. The first kappa shape index (κ1) is 15.2. The Bertz CT molecular complexity index is 602. The van der Waals surface area contributed by atoms with Crippen LogP contribution in [0.15, 0.2) is 23.3 Å². The summed E-state index contributed by atoms with van der Waals surface area (Å²) >= 11 is 0. The number of nitrogens with zero attached hydrogens (tertiary/aromatic N) is 3. The number of benzene rings is 1. The molecule has 0 fully saturated rings. The zero-order valence-electron chi connectivity index (χ0n) is 13.2. The van der Waals surface area contributed by atoms with Gasteiger partial charge in [0, 0.05) is 17.7 Å². The van der Waals surface area contributed by atoms with Gasteiger partial charge in [0.2, 0.25) is 0 Å². The lowest BCUT2D eigenvalue weighted by Crippen LogP contribution is -2.38. The zero-order valence-corrected chi connectivity index (χ0v) is 13.2. The van der Waals surface area contributed by atoms with Crippen molar-refractivity contribution in [2.45, 2.75) is 38.8 Å². The van der Waals surface area contributed by atoms with Crippen LogP contribution < -0.4 is 9.47 Å². The van der Waals surface area contributed by atoms with Crippen LogP contribution in [0.5, 0.6) is 11.5 Å². The van der Waals surface area contributed by atoms with Crippen molar-refractivity contribution in [3.8, 4) is 17.6 Å². The fourth-order valence-electron chi connectivity index (χ4n) is 2.85. The quantitative estimate of drug-likeness (QED) is 0.853. The normalized spacial score (nSPS) is 17.9. The average Bonchev–Trinajstić information content (AvgIpc) is 2.72. The maximum absolute atomic E-state index is 9.68. The molecule has 0 bridgehead atoms. The van der Waals surface area contributed by atoms with Gasteiger partial charge in [-0.25, -0.2) is 0 Å². The first-order valence-electron chi connectivity index (χ1n) is 6.88. The van der Waals surface area contributed by atoms with Gasteiger partial charge in [-0.1, -0.05) is 12.1 Å². The van der Waals surface area contributed by atoms with E-state index in [1.807, 2.05) is 30.1 Å². The predicted molar refractivity (Wildman–Crippen MR) is 81.5 cm³/mol. The van der Waals surface area contributed by atoms with E-state index in [9.17, 15) is 5.26 Å². The molecule has 1 aromatic carbocycles. The molecule has 1 aliphatic rings. The third-order valence-electron chi connectivity index (χ3n) is 3.68. The molecule has 0 spiro atoms. The van der Waals surface area contributed by atoms with Crippen LogP contribution in [-0.4, -0.2) is 30.5 Å². The minimum absolute atomic E-state index is 0.196. The van der Waals surface area contributed by atoms with E-state index in [2.05, 4.69) is 25.0 Å². The third-order valence-corrected chi connectivity index (χ3v) is 3.68. The molecule has 21 heavy (non-hydrogen) atoms. The number of hydrogen-bond acceptors (Lipinski definition) is 5. The Morgan fingerprint density at radius 3 is 2.52 bits per heavy atom. The summed E-state index contributed by atoms with van der Waals surface area (Å²) in [4.78, 5) is 0. The van der Waals surface area contributed by atoms with Gasteiger partial charge in [-0.2, -0.15) is 10.4 Å². The molecule has 0 amide bonds. The van der Waals surface area contributed by atoms with Crippen LogP contribution in [-0.2, 0) is 0 Å². The van der Waals surface area contributed by atoms with E-state index in [-0.39, 0.29) is 5.54 Å². The van der Waals surface area contributed by atoms with Crippen molar-refractivity contribution in [3.63, 3.8) is 0 Å². The van der Waals surface area contributed by atoms with E-state index in [1.54, 1.807) is 14.2 Å². The second-order valence-electron chi connectivity index (χ2n) is 5.78. The van der Waals surface area contributed by atoms with Crippen LogP contribution in [0.3, 0.4) is 0 Å². The number of ether oxygens (including phenoxy) is 2. The van der Waals surface area contributed by atoms with Gasteiger partial charge in [0.05, 0.1) is 25.8 Å². The summed E-state index contributed by atoms with van der Waals surface area (Å²) in [6.07, 6.45) is 0.845. The highest BCUT2D eigenvalue weighted by atomic mass is 16.5. The first-order valence-corrected chi connectivity index (χ1v) is 6.88. The van der Waals surface area contributed by atoms with Gasteiger partial charge in [0.1, 0.15) is 0 Å². The Labute approximate surface area is 125 Å². The second kappa shape index (κ2) is 5.65. The topological polar surface area (TPSA) is 57.8 Å². The van der Waals surface area contributed by atoms with Gasteiger partial charge < -0.3 is 9.47 Å². The van der Waals surface area contributed by atoms with Crippen LogP contribution >= 0.6 is 0 Å². The second-order valence-corrected chi connectivity index (χ2v) is 5.78.